The number of nitrogens with zero attached hydrogens (tertiary/aromatic N) is 2. The number of hydrogen-bond donors (Lipinski definition) is 0. The van der Waals surface area contributed by atoms with Crippen LogP contribution in [-0.2, 0) is 20.1 Å². The fraction of sp³-hybridized carbons (Fsp3) is 0.190. The Hall–Kier alpha value is -4.17. The van der Waals surface area contributed by atoms with Crippen LogP contribution in [0.1, 0.15) is 75.9 Å². The van der Waals surface area contributed by atoms with Crippen LogP contribution in [0.3, 0.4) is 0 Å². The Balaban J connectivity index is 0.000000228. The van der Waals surface area contributed by atoms with Gasteiger partial charge in [0.15, 0.2) is 0 Å². The summed E-state index contributed by atoms with van der Waals surface area (Å²) in [5, 5.41) is 9.28. The summed E-state index contributed by atoms with van der Waals surface area (Å²) in [6.45, 7) is -2.43. The molecule has 0 radical (unpaired) electrons. The molecule has 4 aromatic carbocycles. The molecule has 1 fully saturated rings. The molecule has 2 nitrogen and oxygen atoms in total. The number of allylic oxidation sites excluding steroid dienone is 4. The van der Waals surface area contributed by atoms with Crippen molar-refractivity contribution in [1.82, 2.24) is 4.98 Å². The molecular formula is C42H39IrN2. The van der Waals surface area contributed by atoms with Gasteiger partial charge in [-0.1, -0.05) is 111 Å². The molecule has 1 heterocycles. The molecule has 1 aliphatic rings. The van der Waals surface area contributed by atoms with Crippen LogP contribution in [0.4, 0.5) is 0 Å². The minimum Gasteiger partial charge on any atom is -0.811 e. The molecule has 45 heavy (non-hydrogen) atoms. The first-order valence-electron chi connectivity index (χ1n) is 18.3. The van der Waals surface area contributed by atoms with E-state index in [2.05, 4.69) is 47.5 Å². The third kappa shape index (κ3) is 9.17. The number of hydrogen-bond acceptors (Lipinski definition) is 1. The van der Waals surface area contributed by atoms with Gasteiger partial charge in [0.1, 0.15) is 0 Å². The van der Waals surface area contributed by atoms with Crippen LogP contribution < -0.4 is 0 Å². The topological polar surface area (TPSA) is 35.2 Å². The smallest absolute Gasteiger partial charge is 0.811 e. The van der Waals surface area contributed by atoms with Crippen LogP contribution in [-0.4, -0.2) is 11.2 Å². The fourth-order valence-corrected chi connectivity index (χ4v) is 5.30. The van der Waals surface area contributed by atoms with E-state index in [1.54, 1.807) is 18.2 Å². The Bertz CT molecular complexity index is 1980. The average Bonchev–Trinajstić information content (AvgIpc) is 3.59. The van der Waals surface area contributed by atoms with Crippen LogP contribution in [0.5, 0.6) is 0 Å². The minimum atomic E-state index is -2.27. The minimum absolute atomic E-state index is 0. The molecular weight excluding hydrogens is 725 g/mol. The molecule has 1 aliphatic carbocycles. The van der Waals surface area contributed by atoms with Gasteiger partial charge in [-0.25, -0.2) is 0 Å². The van der Waals surface area contributed by atoms with E-state index >= 15 is 0 Å². The second-order valence-electron chi connectivity index (χ2n) is 10.7. The van der Waals surface area contributed by atoms with E-state index in [-0.39, 0.29) is 31.2 Å². The largest absolute Gasteiger partial charge is 3.00 e. The zero-order valence-electron chi connectivity index (χ0n) is 32.2. The molecule has 1 aromatic heterocycles. The molecule has 0 spiro atoms. The molecule has 1 saturated carbocycles. The normalized spacial score (nSPS) is 17.0. The molecule has 0 N–H and O–H groups in total. The van der Waals surface area contributed by atoms with Gasteiger partial charge >= 0.3 is 20.1 Å². The summed E-state index contributed by atoms with van der Waals surface area (Å²) in [4.78, 5) is 4.21. The summed E-state index contributed by atoms with van der Waals surface area (Å²) in [6.07, 6.45) is 10.3. The van der Waals surface area contributed by atoms with Crippen molar-refractivity contribution in [3.8, 4) is 22.4 Å². The van der Waals surface area contributed by atoms with Gasteiger partial charge in [0.2, 0.25) is 0 Å². The molecule has 226 valence electrons. The third-order valence-corrected chi connectivity index (χ3v) is 7.67. The summed E-state index contributed by atoms with van der Waals surface area (Å²) in [5.74, 6) is -0.420. The van der Waals surface area contributed by atoms with E-state index in [4.69, 9.17) is 9.60 Å². The van der Waals surface area contributed by atoms with Crippen LogP contribution in [0.25, 0.3) is 38.9 Å². The van der Waals surface area contributed by atoms with Gasteiger partial charge in [-0.15, -0.1) is 70.8 Å². The van der Waals surface area contributed by atoms with Crippen LogP contribution in [0.15, 0.2) is 121 Å². The van der Waals surface area contributed by atoms with Crippen molar-refractivity contribution in [1.29, 1.82) is 0 Å². The van der Waals surface area contributed by atoms with Crippen molar-refractivity contribution in [2.75, 3.05) is 0 Å². The summed E-state index contributed by atoms with van der Waals surface area (Å²) in [5.41, 5.74) is 8.08. The standard InChI is InChI=1S/C23H23N.C19H16N.Ir/c1-18(19-7-3-2-4-8-19)17-23(15-16-24)22-13-11-21(12-14-22)20-9-5-6-10-20;1-14-8-11-19(20-13-14)17-10-9-15(2)18(12-17)16-6-4-3-5-7-16;/h2-4,7,11-17,20H,5-6,9-10H2,1H3;3-9,11-13H,1-2H3;/q-2;-1;+3/b18-17+,23-15+;;/i20D;1D3,2D3;. The maximum atomic E-state index is 9.28. The van der Waals surface area contributed by atoms with Crippen molar-refractivity contribution >= 4 is 17.4 Å². The van der Waals surface area contributed by atoms with E-state index in [0.717, 1.165) is 65.3 Å². The molecule has 6 rings (SSSR count). The van der Waals surface area contributed by atoms with Crippen LogP contribution in [0.2, 0.25) is 0 Å². The molecule has 0 atom stereocenters. The quantitative estimate of drug-likeness (QED) is 0.0922. The van der Waals surface area contributed by atoms with Gasteiger partial charge in [0.05, 0.1) is 0 Å². The molecule has 0 aliphatic heterocycles. The second kappa shape index (κ2) is 16.8. The van der Waals surface area contributed by atoms with Gasteiger partial charge < -0.3 is 10.4 Å². The first kappa shape index (κ1) is 25.1. The van der Waals surface area contributed by atoms with Crippen LogP contribution in [0, 0.1) is 25.8 Å². The molecule has 0 amide bonds. The predicted octanol–water partition coefficient (Wildman–Crippen LogP) is 11.1. The summed E-state index contributed by atoms with van der Waals surface area (Å²) in [7, 11) is 0. The molecule has 3 heteroatoms. The zero-order chi connectivity index (χ0) is 36.6. The van der Waals surface area contributed by atoms with Gasteiger partial charge in [-0.2, -0.15) is 6.21 Å². The first-order chi connectivity index (χ1) is 24.3. The van der Waals surface area contributed by atoms with Crippen molar-refractivity contribution in [2.45, 2.75) is 52.2 Å². The van der Waals surface area contributed by atoms with Crippen LogP contribution >= 0.6 is 0 Å². The average molecular weight is 771 g/mol. The number of benzene rings is 4. The number of aryl methyl sites for hydroxylation is 2. The Morgan fingerprint density at radius 1 is 0.933 bits per heavy atom. The maximum absolute atomic E-state index is 9.28. The van der Waals surface area contributed by atoms with Crippen molar-refractivity contribution in [3.05, 3.63) is 167 Å². The third-order valence-electron chi connectivity index (χ3n) is 7.67. The van der Waals surface area contributed by atoms with E-state index in [1.165, 1.54) is 18.3 Å². The van der Waals surface area contributed by atoms with Gasteiger partial charge in [-0.3, -0.25) is 0 Å². The van der Waals surface area contributed by atoms with E-state index < -0.39 is 19.6 Å². The maximum Gasteiger partial charge on any atom is 3.00 e. The van der Waals surface area contributed by atoms with E-state index in [0.29, 0.717) is 16.8 Å². The fourth-order valence-electron chi connectivity index (χ4n) is 5.30. The monoisotopic (exact) mass is 771 g/mol. The Morgan fingerprint density at radius 2 is 1.71 bits per heavy atom. The Morgan fingerprint density at radius 3 is 2.36 bits per heavy atom. The Labute approximate surface area is 292 Å². The molecule has 0 saturated heterocycles. The molecule has 0 unspecified atom stereocenters. The van der Waals surface area contributed by atoms with Gasteiger partial charge in [0.25, 0.3) is 0 Å². The Kier molecular flexibility index (Phi) is 9.35. The van der Waals surface area contributed by atoms with E-state index in [9.17, 15) is 5.41 Å². The van der Waals surface area contributed by atoms with E-state index in [1.807, 2.05) is 61.5 Å². The SMILES string of the molecule is [2H]C([2H])([2H])c1ccc(-c2[c-]cc(C([2H])([2H])[2H])c(-c3ccccc3)c2)nc1.[2H]C1(c2ccc(C(/C=C(\C)c3[c-]cccc3)=C/C=[N-])cc2)CCCC1.[Ir+3]. The summed E-state index contributed by atoms with van der Waals surface area (Å²) < 4.78 is 54.2. The molecule has 5 aromatic rings. The summed E-state index contributed by atoms with van der Waals surface area (Å²) >= 11 is 0. The molecule has 0 bridgehead atoms. The van der Waals surface area contributed by atoms with Gasteiger partial charge in [0, 0.05) is 15.8 Å². The summed E-state index contributed by atoms with van der Waals surface area (Å²) in [6, 6.07) is 37.9. The predicted molar refractivity (Wildman–Crippen MR) is 187 cm³/mol. The number of pyridine rings is 1. The van der Waals surface area contributed by atoms with Crippen molar-refractivity contribution < 1.29 is 29.7 Å². The van der Waals surface area contributed by atoms with Gasteiger partial charge in [-0.05, 0) is 59.1 Å². The number of aromatic nitrogens is 1. The second-order valence-corrected chi connectivity index (χ2v) is 10.7. The van der Waals surface area contributed by atoms with Crippen molar-refractivity contribution in [2.24, 2.45) is 0 Å². The number of rotatable bonds is 7. The zero-order valence-corrected chi connectivity index (χ0v) is 27.6. The first-order valence-corrected chi connectivity index (χ1v) is 14.8. The van der Waals surface area contributed by atoms with Crippen molar-refractivity contribution in [3.63, 3.8) is 0 Å².